The Labute approximate surface area is 72.7 Å². The van der Waals surface area contributed by atoms with Gasteiger partial charge in [0.2, 0.25) is 5.91 Å². The molecule has 2 heterocycles. The first kappa shape index (κ1) is 8.05. The third-order valence-corrected chi connectivity index (χ3v) is 3.03. The molecule has 2 rings (SSSR count). The Kier molecular flexibility index (Phi) is 1.83. The molecule has 0 unspecified atom stereocenters. The predicted octanol–water partition coefficient (Wildman–Crippen LogP) is 0.645. The lowest BCUT2D eigenvalue weighted by Crippen LogP contribution is -2.58. The molecular formula is C9H15NO2. The largest absolute Gasteiger partial charge is 0.379 e. The molecule has 0 aliphatic carbocycles. The SMILES string of the molecule is CCC1(C(=O)N2CCC2)COC1. The van der Waals surface area contributed by atoms with E-state index in [1.807, 2.05) is 4.90 Å². The second kappa shape index (κ2) is 2.73. The smallest absolute Gasteiger partial charge is 0.233 e. The fourth-order valence-corrected chi connectivity index (χ4v) is 1.68. The van der Waals surface area contributed by atoms with Crippen LogP contribution in [0.1, 0.15) is 19.8 Å². The summed E-state index contributed by atoms with van der Waals surface area (Å²) < 4.78 is 5.12. The van der Waals surface area contributed by atoms with Crippen molar-refractivity contribution in [1.82, 2.24) is 4.90 Å². The fraction of sp³-hybridized carbons (Fsp3) is 0.889. The van der Waals surface area contributed by atoms with Gasteiger partial charge < -0.3 is 9.64 Å². The molecule has 1 amide bonds. The highest BCUT2D eigenvalue weighted by molar-refractivity contribution is 5.84. The first-order valence-electron chi connectivity index (χ1n) is 4.66. The summed E-state index contributed by atoms with van der Waals surface area (Å²) in [5.74, 6) is 0.322. The van der Waals surface area contributed by atoms with Crippen molar-refractivity contribution in [2.45, 2.75) is 19.8 Å². The highest BCUT2D eigenvalue weighted by Crippen LogP contribution is 2.34. The quantitative estimate of drug-likeness (QED) is 0.607. The summed E-state index contributed by atoms with van der Waals surface area (Å²) in [7, 11) is 0. The molecule has 2 saturated heterocycles. The van der Waals surface area contributed by atoms with Crippen molar-refractivity contribution in [1.29, 1.82) is 0 Å². The number of hydrogen-bond donors (Lipinski definition) is 0. The Balaban J connectivity index is 2.00. The Morgan fingerprint density at radius 1 is 1.50 bits per heavy atom. The van der Waals surface area contributed by atoms with Crippen LogP contribution in [0.3, 0.4) is 0 Å². The van der Waals surface area contributed by atoms with Crippen molar-refractivity contribution < 1.29 is 9.53 Å². The van der Waals surface area contributed by atoms with Gasteiger partial charge in [0.05, 0.1) is 18.6 Å². The molecule has 2 aliphatic heterocycles. The van der Waals surface area contributed by atoms with Crippen molar-refractivity contribution in [2.75, 3.05) is 26.3 Å². The summed E-state index contributed by atoms with van der Waals surface area (Å²) in [5, 5.41) is 0. The van der Waals surface area contributed by atoms with Crippen LogP contribution in [-0.4, -0.2) is 37.1 Å². The van der Waals surface area contributed by atoms with E-state index in [2.05, 4.69) is 6.92 Å². The summed E-state index contributed by atoms with van der Waals surface area (Å²) in [6.07, 6.45) is 2.09. The number of carbonyl (C=O) groups excluding carboxylic acids is 1. The molecule has 0 radical (unpaired) electrons. The minimum atomic E-state index is -0.138. The van der Waals surface area contributed by atoms with Crippen molar-refractivity contribution in [3.63, 3.8) is 0 Å². The molecule has 68 valence electrons. The normalized spacial score (nSPS) is 25.9. The van der Waals surface area contributed by atoms with E-state index in [1.165, 1.54) is 6.42 Å². The van der Waals surface area contributed by atoms with Crippen LogP contribution in [0.25, 0.3) is 0 Å². The van der Waals surface area contributed by atoms with Crippen LogP contribution in [0.15, 0.2) is 0 Å². The summed E-state index contributed by atoms with van der Waals surface area (Å²) in [6.45, 7) is 5.26. The van der Waals surface area contributed by atoms with Crippen molar-refractivity contribution in [2.24, 2.45) is 5.41 Å². The Morgan fingerprint density at radius 3 is 2.42 bits per heavy atom. The second-order valence-electron chi connectivity index (χ2n) is 3.77. The maximum atomic E-state index is 11.8. The van der Waals surface area contributed by atoms with E-state index in [9.17, 15) is 4.79 Å². The molecule has 0 spiro atoms. The number of carbonyl (C=O) groups is 1. The lowest BCUT2D eigenvalue weighted by atomic mass is 9.81. The zero-order valence-corrected chi connectivity index (χ0v) is 7.51. The Hall–Kier alpha value is -0.570. The van der Waals surface area contributed by atoms with Gasteiger partial charge in [-0.15, -0.1) is 0 Å². The predicted molar refractivity (Wildman–Crippen MR) is 44.7 cm³/mol. The second-order valence-corrected chi connectivity index (χ2v) is 3.77. The van der Waals surface area contributed by atoms with E-state index in [-0.39, 0.29) is 5.41 Å². The van der Waals surface area contributed by atoms with E-state index in [1.54, 1.807) is 0 Å². The standard InChI is InChI=1S/C9H15NO2/c1-2-9(6-12-7-9)8(11)10-4-3-5-10/h2-7H2,1H3. The van der Waals surface area contributed by atoms with Gasteiger partial charge in [0.1, 0.15) is 0 Å². The van der Waals surface area contributed by atoms with Gasteiger partial charge in [0.15, 0.2) is 0 Å². The zero-order chi connectivity index (χ0) is 8.60. The molecule has 2 aliphatic rings. The Bertz CT molecular complexity index is 189. The summed E-state index contributed by atoms with van der Waals surface area (Å²) in [6, 6.07) is 0. The van der Waals surface area contributed by atoms with Crippen molar-refractivity contribution >= 4 is 5.91 Å². The van der Waals surface area contributed by atoms with Gasteiger partial charge in [-0.3, -0.25) is 4.79 Å². The van der Waals surface area contributed by atoms with Gasteiger partial charge in [0, 0.05) is 13.1 Å². The number of nitrogens with zero attached hydrogens (tertiary/aromatic N) is 1. The molecular weight excluding hydrogens is 154 g/mol. The average molecular weight is 169 g/mol. The van der Waals surface area contributed by atoms with E-state index in [4.69, 9.17) is 4.74 Å². The van der Waals surface area contributed by atoms with Crippen LogP contribution >= 0.6 is 0 Å². The van der Waals surface area contributed by atoms with Gasteiger partial charge in [-0.05, 0) is 12.8 Å². The minimum absolute atomic E-state index is 0.138. The summed E-state index contributed by atoms with van der Waals surface area (Å²) >= 11 is 0. The molecule has 3 heteroatoms. The summed E-state index contributed by atoms with van der Waals surface area (Å²) in [5.41, 5.74) is -0.138. The van der Waals surface area contributed by atoms with Gasteiger partial charge >= 0.3 is 0 Å². The fourth-order valence-electron chi connectivity index (χ4n) is 1.68. The van der Waals surface area contributed by atoms with Crippen LogP contribution in [0.2, 0.25) is 0 Å². The van der Waals surface area contributed by atoms with Crippen LogP contribution < -0.4 is 0 Å². The Morgan fingerprint density at radius 2 is 2.17 bits per heavy atom. The molecule has 0 aromatic rings. The van der Waals surface area contributed by atoms with Crippen molar-refractivity contribution in [3.8, 4) is 0 Å². The third-order valence-electron chi connectivity index (χ3n) is 3.03. The third kappa shape index (κ3) is 0.959. The monoisotopic (exact) mass is 169 g/mol. The van der Waals surface area contributed by atoms with Gasteiger partial charge in [-0.2, -0.15) is 0 Å². The van der Waals surface area contributed by atoms with Crippen molar-refractivity contribution in [3.05, 3.63) is 0 Å². The first-order chi connectivity index (χ1) is 5.78. The molecule has 0 N–H and O–H groups in total. The highest BCUT2D eigenvalue weighted by Gasteiger charge is 2.47. The molecule has 0 aromatic carbocycles. The number of hydrogen-bond acceptors (Lipinski definition) is 2. The highest BCUT2D eigenvalue weighted by atomic mass is 16.5. The molecule has 3 nitrogen and oxygen atoms in total. The number of amides is 1. The first-order valence-corrected chi connectivity index (χ1v) is 4.66. The van der Waals surface area contributed by atoms with Gasteiger partial charge in [0.25, 0.3) is 0 Å². The van der Waals surface area contributed by atoms with Crippen LogP contribution in [0.5, 0.6) is 0 Å². The maximum absolute atomic E-state index is 11.8. The molecule has 0 aromatic heterocycles. The van der Waals surface area contributed by atoms with Gasteiger partial charge in [-0.25, -0.2) is 0 Å². The molecule has 0 saturated carbocycles. The van der Waals surface area contributed by atoms with Crippen LogP contribution in [-0.2, 0) is 9.53 Å². The number of rotatable bonds is 2. The topological polar surface area (TPSA) is 29.5 Å². The lowest BCUT2D eigenvalue weighted by Gasteiger charge is -2.45. The maximum Gasteiger partial charge on any atom is 0.233 e. The van der Waals surface area contributed by atoms with E-state index in [0.29, 0.717) is 19.1 Å². The molecule has 0 atom stereocenters. The van der Waals surface area contributed by atoms with Gasteiger partial charge in [-0.1, -0.05) is 6.92 Å². The van der Waals surface area contributed by atoms with Crippen LogP contribution in [0.4, 0.5) is 0 Å². The minimum Gasteiger partial charge on any atom is -0.379 e. The van der Waals surface area contributed by atoms with Crippen LogP contribution in [0, 0.1) is 5.41 Å². The molecule has 2 fully saturated rings. The summed E-state index contributed by atoms with van der Waals surface area (Å²) in [4.78, 5) is 13.8. The lowest BCUT2D eigenvalue weighted by molar-refractivity contribution is -0.176. The van der Waals surface area contributed by atoms with E-state index in [0.717, 1.165) is 19.5 Å². The molecule has 12 heavy (non-hydrogen) atoms. The zero-order valence-electron chi connectivity index (χ0n) is 7.51. The number of ether oxygens (including phenoxy) is 1. The molecule has 0 bridgehead atoms. The van der Waals surface area contributed by atoms with E-state index >= 15 is 0 Å². The number of likely N-dealkylation sites (tertiary alicyclic amines) is 1. The average Bonchev–Trinajstić information content (AvgIpc) is 1.81. The van der Waals surface area contributed by atoms with E-state index < -0.39 is 0 Å².